The summed E-state index contributed by atoms with van der Waals surface area (Å²) in [5.74, 6) is 0. The first-order valence-corrected chi connectivity index (χ1v) is 6.49. The summed E-state index contributed by atoms with van der Waals surface area (Å²) < 4.78 is 1.28. The Morgan fingerprint density at radius 2 is 1.64 bits per heavy atom. The molecule has 0 aromatic rings. The Kier molecular flexibility index (Phi) is 4.94. The van der Waals surface area contributed by atoms with Crippen LogP contribution in [0.1, 0.15) is 58.3 Å². The van der Waals surface area contributed by atoms with E-state index >= 15 is 0 Å². The van der Waals surface area contributed by atoms with Crippen LogP contribution in [0.25, 0.3) is 0 Å². The fourth-order valence-corrected chi connectivity index (χ4v) is 2.73. The standard InChI is InChI=1S/C13H28N/c1-4-5-9-12-14(2,3)13-10-7-6-8-11-13/h13H,4-12H2,1-3H3/q+1. The molecule has 0 atom stereocenters. The van der Waals surface area contributed by atoms with Crippen molar-refractivity contribution in [2.24, 2.45) is 0 Å². The van der Waals surface area contributed by atoms with Crippen LogP contribution in [0.4, 0.5) is 0 Å². The summed E-state index contributed by atoms with van der Waals surface area (Å²) in [7, 11) is 4.87. The van der Waals surface area contributed by atoms with Gasteiger partial charge in [-0.25, -0.2) is 0 Å². The SMILES string of the molecule is CCCCC[N+](C)(C)C1CCCCC1. The van der Waals surface area contributed by atoms with Crippen molar-refractivity contribution in [1.29, 1.82) is 0 Å². The Morgan fingerprint density at radius 1 is 1.00 bits per heavy atom. The van der Waals surface area contributed by atoms with Crippen molar-refractivity contribution in [3.63, 3.8) is 0 Å². The van der Waals surface area contributed by atoms with Gasteiger partial charge in [0, 0.05) is 0 Å². The lowest BCUT2D eigenvalue weighted by atomic mass is 9.93. The van der Waals surface area contributed by atoms with Gasteiger partial charge in [-0.1, -0.05) is 19.8 Å². The highest BCUT2D eigenvalue weighted by atomic mass is 15.3. The van der Waals surface area contributed by atoms with E-state index in [0.29, 0.717) is 0 Å². The molecule has 1 rings (SSSR count). The lowest BCUT2D eigenvalue weighted by molar-refractivity contribution is -0.916. The molecule has 0 heterocycles. The molecule has 0 aromatic heterocycles. The smallest absolute Gasteiger partial charge is 0.0886 e. The number of hydrogen-bond acceptors (Lipinski definition) is 0. The summed E-state index contributed by atoms with van der Waals surface area (Å²) >= 11 is 0. The van der Waals surface area contributed by atoms with Crippen molar-refractivity contribution in [2.45, 2.75) is 64.3 Å². The molecule has 0 bridgehead atoms. The van der Waals surface area contributed by atoms with Gasteiger partial charge in [0.25, 0.3) is 0 Å². The molecule has 0 amide bonds. The zero-order valence-corrected chi connectivity index (χ0v) is 10.4. The van der Waals surface area contributed by atoms with Gasteiger partial charge in [-0.2, -0.15) is 0 Å². The van der Waals surface area contributed by atoms with Crippen molar-refractivity contribution >= 4 is 0 Å². The van der Waals surface area contributed by atoms with E-state index in [2.05, 4.69) is 21.0 Å². The first-order valence-electron chi connectivity index (χ1n) is 6.49. The summed E-state index contributed by atoms with van der Waals surface area (Å²) in [6.45, 7) is 3.68. The van der Waals surface area contributed by atoms with Crippen LogP contribution in [0.2, 0.25) is 0 Å². The fourth-order valence-electron chi connectivity index (χ4n) is 2.73. The van der Waals surface area contributed by atoms with Crippen LogP contribution in [0.5, 0.6) is 0 Å². The Morgan fingerprint density at radius 3 is 2.21 bits per heavy atom. The second kappa shape index (κ2) is 5.75. The van der Waals surface area contributed by atoms with Crippen molar-refractivity contribution in [2.75, 3.05) is 20.6 Å². The van der Waals surface area contributed by atoms with E-state index in [1.165, 1.54) is 62.4 Å². The summed E-state index contributed by atoms with van der Waals surface area (Å²) in [5, 5.41) is 0. The van der Waals surface area contributed by atoms with Crippen molar-refractivity contribution < 1.29 is 4.48 Å². The predicted molar refractivity (Wildman–Crippen MR) is 63.4 cm³/mol. The minimum atomic E-state index is 0.959. The van der Waals surface area contributed by atoms with Gasteiger partial charge in [-0.05, 0) is 38.5 Å². The Labute approximate surface area is 90.1 Å². The van der Waals surface area contributed by atoms with Gasteiger partial charge in [-0.15, -0.1) is 0 Å². The van der Waals surface area contributed by atoms with Gasteiger partial charge in [-0.3, -0.25) is 0 Å². The molecule has 1 heteroatoms. The van der Waals surface area contributed by atoms with Crippen molar-refractivity contribution in [3.8, 4) is 0 Å². The molecule has 0 aliphatic heterocycles. The average molecular weight is 198 g/mol. The number of quaternary nitrogens is 1. The average Bonchev–Trinajstić information content (AvgIpc) is 2.19. The lowest BCUT2D eigenvalue weighted by Gasteiger charge is -2.40. The molecule has 0 N–H and O–H groups in total. The number of hydrogen-bond donors (Lipinski definition) is 0. The van der Waals surface area contributed by atoms with Gasteiger partial charge in [0.05, 0.1) is 26.7 Å². The van der Waals surface area contributed by atoms with Gasteiger partial charge in [0.1, 0.15) is 0 Å². The third-order valence-corrected chi connectivity index (χ3v) is 3.90. The number of unbranched alkanes of at least 4 members (excludes halogenated alkanes) is 2. The monoisotopic (exact) mass is 198 g/mol. The van der Waals surface area contributed by atoms with Gasteiger partial charge in [0.2, 0.25) is 0 Å². The third-order valence-electron chi connectivity index (χ3n) is 3.90. The van der Waals surface area contributed by atoms with Crippen LogP contribution in [0, 0.1) is 0 Å². The quantitative estimate of drug-likeness (QED) is 0.468. The Bertz CT molecular complexity index is 145. The summed E-state index contributed by atoms with van der Waals surface area (Å²) in [5.41, 5.74) is 0. The molecule has 1 nitrogen and oxygen atoms in total. The Balaban J connectivity index is 2.29. The van der Waals surface area contributed by atoms with Crippen molar-refractivity contribution in [1.82, 2.24) is 0 Å². The minimum absolute atomic E-state index is 0.959. The molecule has 14 heavy (non-hydrogen) atoms. The second-order valence-corrected chi connectivity index (χ2v) is 5.50. The highest BCUT2D eigenvalue weighted by molar-refractivity contribution is 4.65. The van der Waals surface area contributed by atoms with Crippen LogP contribution >= 0.6 is 0 Å². The van der Waals surface area contributed by atoms with Crippen molar-refractivity contribution in [3.05, 3.63) is 0 Å². The fraction of sp³-hybridized carbons (Fsp3) is 1.00. The maximum absolute atomic E-state index is 2.44. The second-order valence-electron chi connectivity index (χ2n) is 5.50. The molecule has 1 saturated carbocycles. The molecule has 0 radical (unpaired) electrons. The molecule has 0 aromatic carbocycles. The van der Waals surface area contributed by atoms with Crippen LogP contribution in [-0.4, -0.2) is 31.2 Å². The Hall–Kier alpha value is -0.0400. The largest absolute Gasteiger partial charge is 0.326 e. The lowest BCUT2D eigenvalue weighted by Crippen LogP contribution is -2.50. The molecule has 0 spiro atoms. The molecule has 84 valence electrons. The molecular weight excluding hydrogens is 170 g/mol. The zero-order valence-electron chi connectivity index (χ0n) is 10.4. The summed E-state index contributed by atoms with van der Waals surface area (Å²) in [4.78, 5) is 0. The maximum atomic E-state index is 2.44. The maximum Gasteiger partial charge on any atom is 0.0886 e. The van der Waals surface area contributed by atoms with Crippen LogP contribution < -0.4 is 0 Å². The predicted octanol–water partition coefficient (Wildman–Crippen LogP) is 3.59. The summed E-state index contributed by atoms with van der Waals surface area (Å²) in [6.07, 6.45) is 11.5. The van der Waals surface area contributed by atoms with E-state index in [1.54, 1.807) is 0 Å². The first-order chi connectivity index (χ1) is 6.67. The molecule has 1 aliphatic carbocycles. The first kappa shape index (κ1) is 12.0. The van der Waals surface area contributed by atoms with Crippen LogP contribution in [0.3, 0.4) is 0 Å². The third kappa shape index (κ3) is 3.61. The highest BCUT2D eigenvalue weighted by Gasteiger charge is 2.28. The normalized spacial score (nSPS) is 19.9. The van der Waals surface area contributed by atoms with Gasteiger partial charge < -0.3 is 4.48 Å². The van der Waals surface area contributed by atoms with E-state index in [-0.39, 0.29) is 0 Å². The van der Waals surface area contributed by atoms with Gasteiger partial charge >= 0.3 is 0 Å². The topological polar surface area (TPSA) is 0 Å². The number of nitrogens with zero attached hydrogens (tertiary/aromatic N) is 1. The minimum Gasteiger partial charge on any atom is -0.326 e. The van der Waals surface area contributed by atoms with Crippen LogP contribution in [-0.2, 0) is 0 Å². The van der Waals surface area contributed by atoms with E-state index in [9.17, 15) is 0 Å². The molecule has 1 aliphatic rings. The van der Waals surface area contributed by atoms with E-state index < -0.39 is 0 Å². The van der Waals surface area contributed by atoms with E-state index in [0.717, 1.165) is 6.04 Å². The van der Waals surface area contributed by atoms with E-state index in [4.69, 9.17) is 0 Å². The highest BCUT2D eigenvalue weighted by Crippen LogP contribution is 2.25. The van der Waals surface area contributed by atoms with Crippen LogP contribution in [0.15, 0.2) is 0 Å². The molecule has 0 saturated heterocycles. The molecule has 1 fully saturated rings. The zero-order chi connectivity index (χ0) is 10.4. The van der Waals surface area contributed by atoms with E-state index in [1.807, 2.05) is 0 Å². The molecular formula is C13H28N+. The number of rotatable bonds is 5. The van der Waals surface area contributed by atoms with Gasteiger partial charge in [0.15, 0.2) is 0 Å². The molecule has 0 unspecified atom stereocenters. The summed E-state index contributed by atoms with van der Waals surface area (Å²) in [6, 6.07) is 0.959.